The maximum Gasteiger partial charge on any atom is 0.236 e. The molecule has 0 aromatic carbocycles. The van der Waals surface area contributed by atoms with Gasteiger partial charge in [0.05, 0.1) is 31.9 Å². The zero-order chi connectivity index (χ0) is 17.0. The number of primary amides is 1. The summed E-state index contributed by atoms with van der Waals surface area (Å²) in [4.78, 5) is 27.4. The minimum Gasteiger partial charge on any atom is -0.378 e. The van der Waals surface area contributed by atoms with E-state index in [1.165, 1.54) is 4.31 Å². The van der Waals surface area contributed by atoms with Crippen molar-refractivity contribution in [3.8, 4) is 0 Å². The van der Waals surface area contributed by atoms with Crippen molar-refractivity contribution in [3.05, 3.63) is 0 Å². The first-order valence-electron chi connectivity index (χ1n) is 7.59. The van der Waals surface area contributed by atoms with Crippen molar-refractivity contribution in [1.29, 1.82) is 0 Å². The molecule has 9 nitrogen and oxygen atoms in total. The molecule has 2 saturated heterocycles. The average molecular weight is 348 g/mol. The number of sulfonamides is 1. The van der Waals surface area contributed by atoms with Gasteiger partial charge in [-0.2, -0.15) is 0 Å². The second kappa shape index (κ2) is 7.56. The van der Waals surface area contributed by atoms with Crippen LogP contribution in [-0.2, 0) is 24.3 Å². The maximum absolute atomic E-state index is 12.3. The number of morpholine rings is 1. The van der Waals surface area contributed by atoms with E-state index in [1.54, 1.807) is 9.80 Å². The molecule has 10 heteroatoms. The zero-order valence-corrected chi connectivity index (χ0v) is 14.1. The van der Waals surface area contributed by atoms with Crippen molar-refractivity contribution in [3.63, 3.8) is 0 Å². The van der Waals surface area contributed by atoms with Gasteiger partial charge in [-0.25, -0.2) is 12.7 Å². The van der Waals surface area contributed by atoms with Crippen LogP contribution in [0.25, 0.3) is 0 Å². The first kappa shape index (κ1) is 18.1. The molecule has 0 spiro atoms. The fourth-order valence-electron chi connectivity index (χ4n) is 2.78. The van der Waals surface area contributed by atoms with Crippen LogP contribution in [-0.4, -0.2) is 99.6 Å². The topological polar surface area (TPSA) is 113 Å². The average Bonchev–Trinajstić information content (AvgIpc) is 2.70. The molecule has 2 fully saturated rings. The molecule has 2 aliphatic heterocycles. The Morgan fingerprint density at radius 2 is 1.78 bits per heavy atom. The van der Waals surface area contributed by atoms with Crippen LogP contribution in [0.15, 0.2) is 0 Å². The van der Waals surface area contributed by atoms with Crippen molar-refractivity contribution in [2.45, 2.75) is 0 Å². The number of amides is 2. The molecule has 0 aromatic heterocycles. The maximum atomic E-state index is 12.3. The molecule has 2 N–H and O–H groups in total. The predicted molar refractivity (Wildman–Crippen MR) is 82.9 cm³/mol. The predicted octanol–water partition coefficient (Wildman–Crippen LogP) is -2.48. The van der Waals surface area contributed by atoms with E-state index in [-0.39, 0.29) is 32.1 Å². The van der Waals surface area contributed by atoms with Gasteiger partial charge in [-0.3, -0.25) is 14.5 Å². The number of hydrogen-bond acceptors (Lipinski definition) is 6. The van der Waals surface area contributed by atoms with Crippen LogP contribution in [0, 0.1) is 5.92 Å². The van der Waals surface area contributed by atoms with Gasteiger partial charge < -0.3 is 15.4 Å². The summed E-state index contributed by atoms with van der Waals surface area (Å²) in [5.74, 6) is -1.21. The van der Waals surface area contributed by atoms with Crippen molar-refractivity contribution in [2.75, 3.05) is 65.3 Å². The molecule has 2 aliphatic rings. The highest BCUT2D eigenvalue weighted by Crippen LogP contribution is 2.13. The van der Waals surface area contributed by atoms with Gasteiger partial charge >= 0.3 is 0 Å². The first-order valence-corrected chi connectivity index (χ1v) is 9.44. The normalized spacial score (nSPS) is 25.1. The monoisotopic (exact) mass is 348 g/mol. The van der Waals surface area contributed by atoms with Crippen LogP contribution in [0.3, 0.4) is 0 Å². The Balaban J connectivity index is 2.01. The lowest BCUT2D eigenvalue weighted by atomic mass is 10.1. The van der Waals surface area contributed by atoms with Gasteiger partial charge in [0.2, 0.25) is 21.8 Å². The fourth-order valence-corrected chi connectivity index (χ4v) is 3.64. The summed E-state index contributed by atoms with van der Waals surface area (Å²) in [6.07, 6.45) is 1.11. The molecular weight excluding hydrogens is 324 g/mol. The highest BCUT2D eigenvalue weighted by Gasteiger charge is 2.31. The molecule has 0 radical (unpaired) electrons. The number of hydrogen-bond donors (Lipinski definition) is 1. The number of nitrogens with zero attached hydrogens (tertiary/aromatic N) is 3. The quantitative estimate of drug-likeness (QED) is 0.602. The van der Waals surface area contributed by atoms with Gasteiger partial charge in [-0.05, 0) is 0 Å². The van der Waals surface area contributed by atoms with E-state index >= 15 is 0 Å². The Labute approximate surface area is 136 Å². The summed E-state index contributed by atoms with van der Waals surface area (Å²) in [5.41, 5.74) is 5.38. The summed E-state index contributed by atoms with van der Waals surface area (Å²) in [7, 11) is -3.40. The third-order valence-electron chi connectivity index (χ3n) is 4.16. The summed E-state index contributed by atoms with van der Waals surface area (Å²) >= 11 is 0. The van der Waals surface area contributed by atoms with Crippen LogP contribution < -0.4 is 5.73 Å². The van der Waals surface area contributed by atoms with Gasteiger partial charge in [0.25, 0.3) is 0 Å². The molecule has 23 heavy (non-hydrogen) atoms. The zero-order valence-electron chi connectivity index (χ0n) is 13.3. The van der Waals surface area contributed by atoms with Gasteiger partial charge in [0.15, 0.2) is 0 Å². The first-order chi connectivity index (χ1) is 10.8. The lowest BCUT2D eigenvalue weighted by Crippen LogP contribution is -2.47. The molecule has 0 aliphatic carbocycles. The van der Waals surface area contributed by atoms with Crippen LogP contribution in [0.1, 0.15) is 0 Å². The largest absolute Gasteiger partial charge is 0.378 e. The molecule has 2 rings (SSSR count). The van der Waals surface area contributed by atoms with E-state index in [9.17, 15) is 18.0 Å². The smallest absolute Gasteiger partial charge is 0.236 e. The van der Waals surface area contributed by atoms with Crippen LogP contribution in [0.4, 0.5) is 0 Å². The van der Waals surface area contributed by atoms with E-state index in [1.807, 2.05) is 0 Å². The van der Waals surface area contributed by atoms with Crippen molar-refractivity contribution in [1.82, 2.24) is 14.1 Å². The Hall–Kier alpha value is -1.23. The fraction of sp³-hybridized carbons (Fsp3) is 0.846. The molecule has 2 amide bonds. The van der Waals surface area contributed by atoms with Crippen LogP contribution in [0.5, 0.6) is 0 Å². The van der Waals surface area contributed by atoms with E-state index in [0.717, 1.165) is 6.26 Å². The Bertz CT molecular complexity index is 547. The number of ether oxygens (including phenoxy) is 1. The Morgan fingerprint density at radius 1 is 1.13 bits per heavy atom. The second-order valence-electron chi connectivity index (χ2n) is 5.95. The molecule has 2 heterocycles. The van der Waals surface area contributed by atoms with Gasteiger partial charge in [0, 0.05) is 39.3 Å². The number of carbonyl (C=O) groups excluding carboxylic acids is 2. The third kappa shape index (κ3) is 5.13. The van der Waals surface area contributed by atoms with E-state index in [4.69, 9.17) is 10.5 Å². The van der Waals surface area contributed by atoms with E-state index < -0.39 is 21.8 Å². The highest BCUT2D eigenvalue weighted by molar-refractivity contribution is 7.88. The van der Waals surface area contributed by atoms with Crippen LogP contribution >= 0.6 is 0 Å². The molecule has 1 atom stereocenters. The Kier molecular flexibility index (Phi) is 5.95. The van der Waals surface area contributed by atoms with Gasteiger partial charge in [-0.1, -0.05) is 0 Å². The van der Waals surface area contributed by atoms with Gasteiger partial charge in [0.1, 0.15) is 0 Å². The third-order valence-corrected chi connectivity index (χ3v) is 5.43. The minimum absolute atomic E-state index is 0.0377. The summed E-state index contributed by atoms with van der Waals surface area (Å²) in [6.45, 7) is 3.32. The molecular formula is C13H24N4O5S. The lowest BCUT2D eigenvalue weighted by Gasteiger charge is -2.30. The van der Waals surface area contributed by atoms with Gasteiger partial charge in [-0.15, -0.1) is 0 Å². The molecule has 132 valence electrons. The Morgan fingerprint density at radius 3 is 2.35 bits per heavy atom. The van der Waals surface area contributed by atoms with Crippen molar-refractivity contribution in [2.24, 2.45) is 11.7 Å². The van der Waals surface area contributed by atoms with Crippen LogP contribution in [0.2, 0.25) is 0 Å². The molecule has 0 unspecified atom stereocenters. The number of rotatable bonds is 4. The van der Waals surface area contributed by atoms with E-state index in [2.05, 4.69) is 0 Å². The van der Waals surface area contributed by atoms with E-state index in [0.29, 0.717) is 32.8 Å². The second-order valence-corrected chi connectivity index (χ2v) is 7.93. The summed E-state index contributed by atoms with van der Waals surface area (Å²) < 4.78 is 30.0. The lowest BCUT2D eigenvalue weighted by molar-refractivity contribution is -0.137. The molecule has 0 bridgehead atoms. The SMILES string of the molecule is CS(=O)(=O)N1CCN(CC(=O)N2CCOCC2)C[C@H](C(N)=O)C1. The standard InChI is InChI=1S/C13H24N4O5S/c1-23(20,21)17-3-2-15(8-11(9-17)13(14)19)10-12(18)16-4-6-22-7-5-16/h11H,2-10H2,1H3,(H2,14,19)/t11-/m0/s1. The molecule has 0 saturated carbocycles. The minimum atomic E-state index is -3.40. The summed E-state index contributed by atoms with van der Waals surface area (Å²) in [6, 6.07) is 0. The van der Waals surface area contributed by atoms with Crippen molar-refractivity contribution >= 4 is 21.8 Å². The number of nitrogens with two attached hydrogens (primary N) is 1. The number of carbonyl (C=O) groups is 2. The van der Waals surface area contributed by atoms with Crippen molar-refractivity contribution < 1.29 is 22.7 Å². The summed E-state index contributed by atoms with van der Waals surface area (Å²) in [5, 5.41) is 0. The molecule has 0 aromatic rings. The highest BCUT2D eigenvalue weighted by atomic mass is 32.2.